The second-order valence-electron chi connectivity index (χ2n) is 7.38. The summed E-state index contributed by atoms with van der Waals surface area (Å²) in [6.45, 7) is 7.61. The van der Waals surface area contributed by atoms with Crippen LogP contribution in [0.2, 0.25) is 0 Å². The number of rotatable bonds is 8. The van der Waals surface area contributed by atoms with Crippen LogP contribution < -0.4 is 4.74 Å². The highest BCUT2D eigenvalue weighted by Gasteiger charge is 2.35. The van der Waals surface area contributed by atoms with E-state index in [-0.39, 0.29) is 18.3 Å². The highest BCUT2D eigenvalue weighted by molar-refractivity contribution is 5.78. The van der Waals surface area contributed by atoms with Crippen molar-refractivity contribution in [2.75, 3.05) is 26.2 Å². The van der Waals surface area contributed by atoms with Gasteiger partial charge in [0.2, 0.25) is 0 Å². The van der Waals surface area contributed by atoms with Gasteiger partial charge in [0.05, 0.1) is 0 Å². The maximum absolute atomic E-state index is 12.9. The summed E-state index contributed by atoms with van der Waals surface area (Å²) in [6.07, 6.45) is 3.67. The zero-order valence-corrected chi connectivity index (χ0v) is 15.8. The topological polar surface area (TPSA) is 45.7 Å². The van der Waals surface area contributed by atoms with E-state index in [1.165, 1.54) is 29.8 Å². The van der Waals surface area contributed by atoms with E-state index in [4.69, 9.17) is 4.74 Å². The summed E-state index contributed by atoms with van der Waals surface area (Å²) in [6, 6.07) is 10.1. The fraction of sp³-hybridized carbons (Fsp3) is 0.429. The quantitative estimate of drug-likeness (QED) is 0.716. The van der Waals surface area contributed by atoms with E-state index < -0.39 is 0 Å². The van der Waals surface area contributed by atoms with Crippen molar-refractivity contribution >= 4 is 5.91 Å². The molecule has 0 unspecified atom stereocenters. The molecule has 0 aliphatic carbocycles. The molecule has 0 saturated carbocycles. The third kappa shape index (κ3) is 5.50. The molecule has 1 amide bonds. The molecule has 2 aromatic rings. The van der Waals surface area contributed by atoms with Crippen molar-refractivity contribution in [3.8, 4) is 5.75 Å². The molecular weight excluding hydrogens is 345 g/mol. The summed E-state index contributed by atoms with van der Waals surface area (Å²) >= 11 is 0. The van der Waals surface area contributed by atoms with Gasteiger partial charge in [0.1, 0.15) is 11.6 Å². The summed E-state index contributed by atoms with van der Waals surface area (Å²) in [7, 11) is 0. The molecule has 1 aliphatic heterocycles. The number of amides is 1. The zero-order chi connectivity index (χ0) is 19.2. The number of nitrogens with zero attached hydrogens (tertiary/aromatic N) is 3. The molecule has 0 atom stereocenters. The zero-order valence-electron chi connectivity index (χ0n) is 15.8. The Labute approximate surface area is 159 Å². The maximum Gasteiger partial charge on any atom is 0.260 e. The van der Waals surface area contributed by atoms with Crippen LogP contribution in [0.5, 0.6) is 5.75 Å². The third-order valence-electron chi connectivity index (χ3n) is 4.62. The largest absolute Gasteiger partial charge is 0.484 e. The molecule has 27 heavy (non-hydrogen) atoms. The lowest BCUT2D eigenvalue weighted by Gasteiger charge is -2.46. The van der Waals surface area contributed by atoms with Gasteiger partial charge in [0.15, 0.2) is 6.61 Å². The fourth-order valence-corrected chi connectivity index (χ4v) is 3.19. The number of carbonyl (C=O) groups is 1. The van der Waals surface area contributed by atoms with Gasteiger partial charge in [0.25, 0.3) is 5.91 Å². The predicted molar refractivity (Wildman–Crippen MR) is 102 cm³/mol. The third-order valence-corrected chi connectivity index (χ3v) is 4.62. The van der Waals surface area contributed by atoms with Gasteiger partial charge in [-0.25, -0.2) is 4.39 Å². The molecule has 144 valence electrons. The van der Waals surface area contributed by atoms with Crippen LogP contribution in [-0.4, -0.2) is 53.0 Å². The minimum atomic E-state index is -0.321. The van der Waals surface area contributed by atoms with Gasteiger partial charge in [-0.3, -0.25) is 14.7 Å². The summed E-state index contributed by atoms with van der Waals surface area (Å²) in [5, 5.41) is 0. The van der Waals surface area contributed by atoms with Crippen LogP contribution in [0.4, 0.5) is 4.39 Å². The molecule has 1 fully saturated rings. The van der Waals surface area contributed by atoms with E-state index in [0.29, 0.717) is 30.8 Å². The van der Waals surface area contributed by atoms with Crippen LogP contribution in [0.25, 0.3) is 0 Å². The Balaban J connectivity index is 1.49. The normalized spacial score (nSPS) is 14.5. The Morgan fingerprint density at radius 1 is 1.30 bits per heavy atom. The number of benzene rings is 1. The molecule has 1 saturated heterocycles. The molecule has 0 N–H and O–H groups in total. The summed E-state index contributed by atoms with van der Waals surface area (Å²) in [5.74, 6) is 0.688. The Kier molecular flexibility index (Phi) is 6.40. The van der Waals surface area contributed by atoms with Crippen LogP contribution in [0.15, 0.2) is 48.8 Å². The average molecular weight is 371 g/mol. The summed E-state index contributed by atoms with van der Waals surface area (Å²) in [5.41, 5.74) is 1.18. The number of ether oxygens (including phenoxy) is 1. The van der Waals surface area contributed by atoms with Crippen molar-refractivity contribution < 1.29 is 13.9 Å². The van der Waals surface area contributed by atoms with E-state index in [2.05, 4.69) is 29.8 Å². The van der Waals surface area contributed by atoms with Gasteiger partial charge >= 0.3 is 0 Å². The van der Waals surface area contributed by atoms with Crippen LogP contribution in [0, 0.1) is 11.7 Å². The van der Waals surface area contributed by atoms with E-state index in [9.17, 15) is 9.18 Å². The minimum Gasteiger partial charge on any atom is -0.484 e. The van der Waals surface area contributed by atoms with Gasteiger partial charge in [-0.1, -0.05) is 19.9 Å². The fourth-order valence-electron chi connectivity index (χ4n) is 3.19. The number of halogens is 1. The van der Waals surface area contributed by atoms with Gasteiger partial charge in [-0.15, -0.1) is 0 Å². The molecule has 0 radical (unpaired) electrons. The van der Waals surface area contributed by atoms with Crippen molar-refractivity contribution in [2.45, 2.75) is 26.4 Å². The van der Waals surface area contributed by atoms with Gasteiger partial charge in [-0.2, -0.15) is 0 Å². The van der Waals surface area contributed by atoms with E-state index >= 15 is 0 Å². The standard InChI is InChI=1S/C21H26FN3O2/c1-16(2)11-24(12-17-4-3-9-23-10-17)19-13-25(14-19)21(26)15-27-20-7-5-18(22)6-8-20/h3-10,16,19H,11-15H2,1-2H3. The Bertz CT molecular complexity index is 731. The number of aromatic nitrogens is 1. The minimum absolute atomic E-state index is 0.0227. The molecule has 1 aromatic heterocycles. The first-order chi connectivity index (χ1) is 13.0. The summed E-state index contributed by atoms with van der Waals surface area (Å²) < 4.78 is 18.4. The Hall–Kier alpha value is -2.47. The molecule has 5 nitrogen and oxygen atoms in total. The average Bonchev–Trinajstić information content (AvgIpc) is 2.60. The molecule has 2 heterocycles. The van der Waals surface area contributed by atoms with Crippen LogP contribution in [0.3, 0.4) is 0 Å². The molecular formula is C21H26FN3O2. The maximum atomic E-state index is 12.9. The first-order valence-corrected chi connectivity index (χ1v) is 9.30. The van der Waals surface area contributed by atoms with E-state index in [0.717, 1.165) is 13.1 Å². The van der Waals surface area contributed by atoms with Gasteiger partial charge < -0.3 is 9.64 Å². The van der Waals surface area contributed by atoms with Crippen molar-refractivity contribution in [1.29, 1.82) is 0 Å². The smallest absolute Gasteiger partial charge is 0.260 e. The van der Waals surface area contributed by atoms with E-state index in [1.54, 1.807) is 6.20 Å². The number of likely N-dealkylation sites (tertiary alicyclic amines) is 1. The lowest BCUT2D eigenvalue weighted by Crippen LogP contribution is -2.62. The molecule has 0 spiro atoms. The van der Waals surface area contributed by atoms with Crippen molar-refractivity contribution in [1.82, 2.24) is 14.8 Å². The predicted octanol–water partition coefficient (Wildman–Crippen LogP) is 2.97. The van der Waals surface area contributed by atoms with Crippen LogP contribution >= 0.6 is 0 Å². The molecule has 6 heteroatoms. The molecule has 3 rings (SSSR count). The summed E-state index contributed by atoms with van der Waals surface area (Å²) in [4.78, 5) is 20.7. The Morgan fingerprint density at radius 2 is 2.04 bits per heavy atom. The number of pyridine rings is 1. The lowest BCUT2D eigenvalue weighted by molar-refractivity contribution is -0.141. The monoisotopic (exact) mass is 371 g/mol. The number of hydrogen-bond donors (Lipinski definition) is 0. The Morgan fingerprint density at radius 3 is 2.67 bits per heavy atom. The first kappa shape index (κ1) is 19.3. The van der Waals surface area contributed by atoms with Crippen molar-refractivity contribution in [3.05, 3.63) is 60.2 Å². The van der Waals surface area contributed by atoms with Crippen LogP contribution in [-0.2, 0) is 11.3 Å². The van der Waals surface area contributed by atoms with Gasteiger partial charge in [0, 0.05) is 44.6 Å². The van der Waals surface area contributed by atoms with Crippen molar-refractivity contribution in [2.24, 2.45) is 5.92 Å². The highest BCUT2D eigenvalue weighted by atomic mass is 19.1. The highest BCUT2D eigenvalue weighted by Crippen LogP contribution is 2.20. The molecule has 1 aromatic carbocycles. The molecule has 1 aliphatic rings. The second-order valence-corrected chi connectivity index (χ2v) is 7.38. The van der Waals surface area contributed by atoms with Crippen LogP contribution in [0.1, 0.15) is 19.4 Å². The van der Waals surface area contributed by atoms with E-state index in [1.807, 2.05) is 17.2 Å². The second kappa shape index (κ2) is 8.95. The number of hydrogen-bond acceptors (Lipinski definition) is 4. The van der Waals surface area contributed by atoms with Crippen molar-refractivity contribution in [3.63, 3.8) is 0 Å². The SMILES string of the molecule is CC(C)CN(Cc1cccnc1)C1CN(C(=O)COc2ccc(F)cc2)C1. The first-order valence-electron chi connectivity index (χ1n) is 9.30. The molecule has 0 bridgehead atoms. The van der Waals surface area contributed by atoms with Gasteiger partial charge in [-0.05, 0) is 41.8 Å². The lowest BCUT2D eigenvalue weighted by atomic mass is 10.0. The number of carbonyl (C=O) groups excluding carboxylic acids is 1.